The van der Waals surface area contributed by atoms with Gasteiger partial charge in [0.2, 0.25) is 5.91 Å². The fraction of sp³-hybridized carbons (Fsp3) is 0.111. The summed E-state index contributed by atoms with van der Waals surface area (Å²) in [6, 6.07) is 6.99. The number of halogens is 1. The van der Waals surface area contributed by atoms with Crippen LogP contribution in [0.2, 0.25) is 5.02 Å². The minimum Gasteiger partial charge on any atom is -0.289 e. The molecule has 0 unspecified atom stereocenters. The van der Waals surface area contributed by atoms with Crippen LogP contribution in [0.15, 0.2) is 47.2 Å². The Balaban J connectivity index is 1.90. The molecule has 0 saturated carbocycles. The predicted molar refractivity (Wildman–Crippen MR) is 116 cm³/mol. The Hall–Kier alpha value is -2.00. The average molecular weight is 436 g/mol. The number of hydrogen-bond acceptors (Lipinski definition) is 6. The third-order valence-electron chi connectivity index (χ3n) is 3.55. The molecule has 27 heavy (non-hydrogen) atoms. The number of aromatic nitrogens is 1. The lowest BCUT2D eigenvalue weighted by molar-refractivity contribution is -0.121. The topological polar surface area (TPSA) is 53.5 Å². The molecule has 1 aliphatic rings. The summed E-state index contributed by atoms with van der Waals surface area (Å²) < 4.78 is 0.492. The van der Waals surface area contributed by atoms with Crippen molar-refractivity contribution in [1.82, 2.24) is 9.88 Å². The molecule has 3 rings (SSSR count). The summed E-state index contributed by atoms with van der Waals surface area (Å²) in [6.45, 7) is 5.47. The molecule has 0 radical (unpaired) electrons. The highest BCUT2D eigenvalue weighted by molar-refractivity contribution is 8.26. The quantitative estimate of drug-likeness (QED) is 0.381. The minimum absolute atomic E-state index is 0.169. The van der Waals surface area contributed by atoms with E-state index in [9.17, 15) is 9.59 Å². The fourth-order valence-electron chi connectivity index (χ4n) is 2.41. The highest BCUT2D eigenvalue weighted by Gasteiger charge is 2.31. The first kappa shape index (κ1) is 19.8. The van der Waals surface area contributed by atoms with Gasteiger partial charge >= 0.3 is 0 Å². The summed E-state index contributed by atoms with van der Waals surface area (Å²) in [4.78, 5) is 32.5. The second kappa shape index (κ2) is 8.35. The van der Waals surface area contributed by atoms with Crippen LogP contribution in [0.1, 0.15) is 12.6 Å². The SMILES string of the molecule is C=CCN1C(=O)/C(=C/c2csc(N(C(C)=O)c3cccc(Cl)c3)n2)SC1=S. The first-order valence-corrected chi connectivity index (χ1v) is 10.3. The first-order chi connectivity index (χ1) is 12.9. The van der Waals surface area contributed by atoms with E-state index in [0.717, 1.165) is 0 Å². The molecule has 9 heteroatoms. The van der Waals surface area contributed by atoms with Crippen molar-refractivity contribution >= 4 is 79.9 Å². The minimum atomic E-state index is -0.185. The van der Waals surface area contributed by atoms with Gasteiger partial charge in [0.05, 0.1) is 16.3 Å². The number of thioether (sulfide) groups is 1. The molecule has 2 heterocycles. The molecular weight excluding hydrogens is 422 g/mol. The Bertz CT molecular complexity index is 970. The van der Waals surface area contributed by atoms with E-state index in [1.807, 2.05) is 0 Å². The van der Waals surface area contributed by atoms with Crippen molar-refractivity contribution in [2.24, 2.45) is 0 Å². The second-order valence-electron chi connectivity index (χ2n) is 5.47. The van der Waals surface area contributed by atoms with Crippen LogP contribution < -0.4 is 4.90 Å². The zero-order valence-electron chi connectivity index (χ0n) is 14.2. The zero-order valence-corrected chi connectivity index (χ0v) is 17.4. The molecule has 1 aromatic heterocycles. The zero-order chi connectivity index (χ0) is 19.6. The Morgan fingerprint density at radius 2 is 2.26 bits per heavy atom. The van der Waals surface area contributed by atoms with Gasteiger partial charge in [0.25, 0.3) is 5.91 Å². The molecule has 138 valence electrons. The maximum Gasteiger partial charge on any atom is 0.266 e. The second-order valence-corrected chi connectivity index (χ2v) is 8.42. The van der Waals surface area contributed by atoms with Crippen LogP contribution in [0.5, 0.6) is 0 Å². The van der Waals surface area contributed by atoms with Crippen LogP contribution in [0.4, 0.5) is 10.8 Å². The molecule has 2 amide bonds. The molecular formula is C18H14ClN3O2S3. The summed E-state index contributed by atoms with van der Waals surface area (Å²) in [5, 5.41) is 2.81. The first-order valence-electron chi connectivity index (χ1n) is 7.78. The van der Waals surface area contributed by atoms with Gasteiger partial charge in [0.15, 0.2) is 5.13 Å². The molecule has 1 aliphatic heterocycles. The molecule has 0 spiro atoms. The van der Waals surface area contributed by atoms with Crippen molar-refractivity contribution < 1.29 is 9.59 Å². The molecule has 1 fully saturated rings. The van der Waals surface area contributed by atoms with Crippen LogP contribution in [0.25, 0.3) is 6.08 Å². The van der Waals surface area contributed by atoms with E-state index in [-0.39, 0.29) is 11.8 Å². The maximum absolute atomic E-state index is 12.4. The third-order valence-corrected chi connectivity index (χ3v) is 6.00. The normalized spacial score (nSPS) is 15.5. The van der Waals surface area contributed by atoms with Gasteiger partial charge in [-0.15, -0.1) is 17.9 Å². The van der Waals surface area contributed by atoms with E-state index >= 15 is 0 Å². The Morgan fingerprint density at radius 1 is 1.48 bits per heavy atom. The summed E-state index contributed by atoms with van der Waals surface area (Å²) >= 11 is 13.8. The highest BCUT2D eigenvalue weighted by atomic mass is 35.5. The van der Waals surface area contributed by atoms with E-state index in [0.29, 0.717) is 37.3 Å². The van der Waals surface area contributed by atoms with Gasteiger partial charge < -0.3 is 0 Å². The summed E-state index contributed by atoms with van der Waals surface area (Å²) in [6.07, 6.45) is 3.31. The molecule has 1 aromatic carbocycles. The van der Waals surface area contributed by atoms with E-state index in [1.165, 1.54) is 39.8 Å². The predicted octanol–water partition coefficient (Wildman–Crippen LogP) is 4.87. The summed E-state index contributed by atoms with van der Waals surface area (Å²) in [5.41, 5.74) is 1.22. The number of nitrogens with zero attached hydrogens (tertiary/aromatic N) is 3. The smallest absolute Gasteiger partial charge is 0.266 e. The van der Waals surface area contributed by atoms with E-state index in [1.54, 1.807) is 41.8 Å². The molecule has 5 nitrogen and oxygen atoms in total. The Kier molecular flexibility index (Phi) is 6.11. The summed E-state index contributed by atoms with van der Waals surface area (Å²) in [5.74, 6) is -0.354. The van der Waals surface area contributed by atoms with E-state index < -0.39 is 0 Å². The molecule has 0 N–H and O–H groups in total. The lowest BCUT2D eigenvalue weighted by Gasteiger charge is -2.18. The number of carbonyl (C=O) groups excluding carboxylic acids is 2. The third kappa shape index (κ3) is 4.30. The van der Waals surface area contributed by atoms with E-state index in [2.05, 4.69) is 11.6 Å². The Labute approximate surface area is 175 Å². The Morgan fingerprint density at radius 3 is 2.93 bits per heavy atom. The van der Waals surface area contributed by atoms with Crippen molar-refractivity contribution in [1.29, 1.82) is 0 Å². The van der Waals surface area contributed by atoms with Crippen molar-refractivity contribution in [2.45, 2.75) is 6.92 Å². The maximum atomic E-state index is 12.4. The van der Waals surface area contributed by atoms with Crippen molar-refractivity contribution in [3.8, 4) is 0 Å². The van der Waals surface area contributed by atoms with Crippen LogP contribution >= 0.6 is 46.9 Å². The van der Waals surface area contributed by atoms with Crippen LogP contribution in [-0.4, -0.2) is 32.6 Å². The molecule has 2 aromatic rings. The number of amides is 2. The molecule has 0 atom stereocenters. The number of rotatable bonds is 5. The van der Waals surface area contributed by atoms with Gasteiger partial charge in [-0.25, -0.2) is 4.98 Å². The van der Waals surface area contributed by atoms with Crippen molar-refractivity contribution in [3.63, 3.8) is 0 Å². The molecule has 1 saturated heterocycles. The molecule has 0 aliphatic carbocycles. The van der Waals surface area contributed by atoms with E-state index in [4.69, 9.17) is 23.8 Å². The van der Waals surface area contributed by atoms with Gasteiger partial charge in [-0.2, -0.15) is 0 Å². The van der Waals surface area contributed by atoms with Gasteiger partial charge in [-0.05, 0) is 24.3 Å². The van der Waals surface area contributed by atoms with Gasteiger partial charge in [0.1, 0.15) is 4.32 Å². The van der Waals surface area contributed by atoms with Crippen molar-refractivity contribution in [2.75, 3.05) is 11.4 Å². The van der Waals surface area contributed by atoms with Crippen LogP contribution in [0, 0.1) is 0 Å². The lowest BCUT2D eigenvalue weighted by atomic mass is 10.3. The fourth-order valence-corrected chi connectivity index (χ4v) is 4.70. The number of carbonyl (C=O) groups is 2. The monoisotopic (exact) mass is 435 g/mol. The number of anilines is 2. The molecule has 0 bridgehead atoms. The number of hydrogen-bond donors (Lipinski definition) is 0. The number of thiazole rings is 1. The lowest BCUT2D eigenvalue weighted by Crippen LogP contribution is -2.27. The largest absolute Gasteiger partial charge is 0.289 e. The summed E-state index contributed by atoms with van der Waals surface area (Å²) in [7, 11) is 0. The average Bonchev–Trinajstić information content (AvgIpc) is 3.15. The number of thiocarbonyl (C=S) groups is 1. The van der Waals surface area contributed by atoms with Gasteiger partial charge in [-0.3, -0.25) is 19.4 Å². The van der Waals surface area contributed by atoms with Crippen LogP contribution in [0.3, 0.4) is 0 Å². The van der Waals surface area contributed by atoms with Crippen molar-refractivity contribution in [3.05, 3.63) is 57.9 Å². The number of benzene rings is 1. The highest BCUT2D eigenvalue weighted by Crippen LogP contribution is 2.34. The standard InChI is InChI=1S/C18H14ClN3O2S3/c1-3-7-21-16(24)15(27-18(21)25)9-13-10-26-17(20-13)22(11(2)23)14-6-4-5-12(19)8-14/h3-6,8-10H,1,7H2,2H3/b15-9-. The van der Waals surface area contributed by atoms with Crippen LogP contribution in [-0.2, 0) is 9.59 Å². The van der Waals surface area contributed by atoms with Gasteiger partial charge in [0, 0.05) is 23.9 Å². The van der Waals surface area contributed by atoms with Gasteiger partial charge in [-0.1, -0.05) is 47.7 Å².